The molecular weight excluding hydrogens is 368 g/mol. The van der Waals surface area contributed by atoms with Crippen molar-refractivity contribution in [3.63, 3.8) is 0 Å². The molecule has 6 heteroatoms. The van der Waals surface area contributed by atoms with Gasteiger partial charge >= 0.3 is 0 Å². The highest BCUT2D eigenvalue weighted by molar-refractivity contribution is 6.09. The molecule has 3 amide bonds. The van der Waals surface area contributed by atoms with Crippen molar-refractivity contribution >= 4 is 17.7 Å². The van der Waals surface area contributed by atoms with Crippen molar-refractivity contribution < 1.29 is 19.1 Å². The van der Waals surface area contributed by atoms with Gasteiger partial charge in [0.05, 0.1) is 25.0 Å². The minimum absolute atomic E-state index is 0.127. The van der Waals surface area contributed by atoms with Crippen molar-refractivity contribution in [3.05, 3.63) is 48.0 Å². The largest absolute Gasteiger partial charge is 0.378 e. The Kier molecular flexibility index (Phi) is 4.74. The normalized spacial score (nSPS) is 31.9. The third kappa shape index (κ3) is 3.10. The lowest BCUT2D eigenvalue weighted by atomic mass is 9.63. The third-order valence-corrected chi connectivity index (χ3v) is 6.98. The molecule has 1 aromatic carbocycles. The lowest BCUT2D eigenvalue weighted by molar-refractivity contribution is -0.153. The number of ether oxygens (including phenoxy) is 1. The summed E-state index contributed by atoms with van der Waals surface area (Å²) in [6.45, 7) is 1.98. The molecule has 6 rings (SSSR count). The second kappa shape index (κ2) is 7.41. The Morgan fingerprint density at radius 1 is 0.966 bits per heavy atom. The summed E-state index contributed by atoms with van der Waals surface area (Å²) < 4.78 is 5.38. The number of rotatable bonds is 4. The molecule has 3 fully saturated rings. The van der Waals surface area contributed by atoms with E-state index in [1.807, 2.05) is 30.3 Å². The third-order valence-electron chi connectivity index (χ3n) is 6.98. The SMILES string of the molecule is O=C([C@H](Cc1ccccc1)N1C(=O)[C@@H]2[C@@H](C1=O)[C@H]1C=C[C@H]2CC1)N1CCOCC1. The molecule has 0 aromatic heterocycles. The number of hydrogen-bond acceptors (Lipinski definition) is 4. The molecule has 2 heterocycles. The standard InChI is InChI=1S/C23H26N2O4/c26-21(24-10-12-29-13-11-24)18(14-15-4-2-1-3-5-15)25-22(27)19-16-6-7-17(9-8-16)20(19)23(25)28/h1-7,16-20H,8-14H2/t16-,17-,18-,19-,20-/m0/s1. The zero-order chi connectivity index (χ0) is 20.0. The molecule has 3 aliphatic carbocycles. The van der Waals surface area contributed by atoms with Crippen LogP contribution in [0, 0.1) is 23.7 Å². The van der Waals surface area contributed by atoms with Crippen LogP contribution in [0.15, 0.2) is 42.5 Å². The summed E-state index contributed by atoms with van der Waals surface area (Å²) >= 11 is 0. The summed E-state index contributed by atoms with van der Waals surface area (Å²) in [6.07, 6.45) is 6.49. The molecule has 5 atom stereocenters. The Hall–Kier alpha value is -2.47. The number of nitrogens with zero attached hydrogens (tertiary/aromatic N) is 2. The molecular formula is C23H26N2O4. The summed E-state index contributed by atoms with van der Waals surface area (Å²) in [4.78, 5) is 43.4. The van der Waals surface area contributed by atoms with Crippen molar-refractivity contribution in [1.29, 1.82) is 0 Å². The number of likely N-dealkylation sites (tertiary alicyclic amines) is 1. The molecule has 1 saturated carbocycles. The lowest BCUT2D eigenvalue weighted by Crippen LogP contribution is -2.54. The maximum Gasteiger partial charge on any atom is 0.246 e. The van der Waals surface area contributed by atoms with Gasteiger partial charge < -0.3 is 9.64 Å². The number of allylic oxidation sites excluding steroid dienone is 2. The van der Waals surface area contributed by atoms with Crippen LogP contribution >= 0.6 is 0 Å². The van der Waals surface area contributed by atoms with Crippen LogP contribution in [0.1, 0.15) is 18.4 Å². The first kappa shape index (κ1) is 18.6. The van der Waals surface area contributed by atoms with Crippen molar-refractivity contribution in [2.45, 2.75) is 25.3 Å². The first-order valence-corrected chi connectivity index (χ1v) is 10.6. The molecule has 0 N–H and O–H groups in total. The van der Waals surface area contributed by atoms with Gasteiger partial charge in [-0.3, -0.25) is 19.3 Å². The van der Waals surface area contributed by atoms with Crippen LogP contribution < -0.4 is 0 Å². The highest BCUT2D eigenvalue weighted by atomic mass is 16.5. The lowest BCUT2D eigenvalue weighted by Gasteiger charge is -2.38. The second-order valence-corrected chi connectivity index (χ2v) is 8.53. The maximum absolute atomic E-state index is 13.5. The molecule has 0 unspecified atom stereocenters. The van der Waals surface area contributed by atoms with E-state index in [0.29, 0.717) is 32.7 Å². The van der Waals surface area contributed by atoms with Crippen molar-refractivity contribution in [2.24, 2.45) is 23.7 Å². The fraction of sp³-hybridized carbons (Fsp3) is 0.522. The topological polar surface area (TPSA) is 66.9 Å². The summed E-state index contributed by atoms with van der Waals surface area (Å²) in [7, 11) is 0. The number of carbonyl (C=O) groups excluding carboxylic acids is 3. The van der Waals surface area contributed by atoms with Gasteiger partial charge in [0.2, 0.25) is 17.7 Å². The van der Waals surface area contributed by atoms with Gasteiger partial charge in [-0.1, -0.05) is 42.5 Å². The van der Waals surface area contributed by atoms with E-state index in [4.69, 9.17) is 4.74 Å². The number of carbonyl (C=O) groups is 3. The number of hydrogen-bond donors (Lipinski definition) is 0. The van der Waals surface area contributed by atoms with Gasteiger partial charge in [-0.15, -0.1) is 0 Å². The fourth-order valence-electron chi connectivity index (χ4n) is 5.53. The zero-order valence-corrected chi connectivity index (χ0v) is 16.4. The number of fused-ring (bicyclic) bond motifs is 1. The Balaban J connectivity index is 1.48. The van der Waals surface area contributed by atoms with Gasteiger partial charge in [-0.2, -0.15) is 0 Å². The molecule has 152 valence electrons. The molecule has 6 nitrogen and oxygen atoms in total. The first-order valence-electron chi connectivity index (χ1n) is 10.6. The smallest absolute Gasteiger partial charge is 0.246 e. The minimum atomic E-state index is -0.777. The summed E-state index contributed by atoms with van der Waals surface area (Å²) in [6, 6.07) is 8.88. The number of benzene rings is 1. The van der Waals surface area contributed by atoms with Gasteiger partial charge in [0.15, 0.2) is 0 Å². The average molecular weight is 394 g/mol. The van der Waals surface area contributed by atoms with Crippen molar-refractivity contribution in [1.82, 2.24) is 9.80 Å². The van der Waals surface area contributed by atoms with Gasteiger partial charge in [0.1, 0.15) is 6.04 Å². The maximum atomic E-state index is 13.5. The van der Waals surface area contributed by atoms with Crippen LogP contribution in [0.4, 0.5) is 0 Å². The number of amides is 3. The molecule has 29 heavy (non-hydrogen) atoms. The second-order valence-electron chi connectivity index (χ2n) is 8.53. The van der Waals surface area contributed by atoms with Crippen LogP contribution in [0.25, 0.3) is 0 Å². The number of imide groups is 1. The van der Waals surface area contributed by atoms with Crippen molar-refractivity contribution in [3.8, 4) is 0 Å². The number of morpholine rings is 1. The fourth-order valence-corrected chi connectivity index (χ4v) is 5.53. The van der Waals surface area contributed by atoms with Gasteiger partial charge in [0, 0.05) is 19.5 Å². The molecule has 0 radical (unpaired) electrons. The summed E-state index contributed by atoms with van der Waals surface area (Å²) in [5, 5.41) is 0. The van der Waals surface area contributed by atoms with Crippen molar-refractivity contribution in [2.75, 3.05) is 26.3 Å². The zero-order valence-electron chi connectivity index (χ0n) is 16.4. The predicted octanol–water partition coefficient (Wildman–Crippen LogP) is 1.65. The average Bonchev–Trinajstić information content (AvgIpc) is 3.06. The van der Waals surface area contributed by atoms with Crippen LogP contribution in [0.5, 0.6) is 0 Å². The highest BCUT2D eigenvalue weighted by Gasteiger charge is 2.58. The van der Waals surface area contributed by atoms with E-state index in [0.717, 1.165) is 18.4 Å². The van der Waals surface area contributed by atoms with Crippen LogP contribution in [-0.4, -0.2) is 59.9 Å². The molecule has 2 saturated heterocycles. The molecule has 5 aliphatic rings. The van der Waals surface area contributed by atoms with E-state index in [9.17, 15) is 14.4 Å². The highest BCUT2D eigenvalue weighted by Crippen LogP contribution is 2.50. The Bertz CT molecular complexity index is 814. The van der Waals surface area contributed by atoms with Gasteiger partial charge in [-0.25, -0.2) is 0 Å². The Morgan fingerprint density at radius 3 is 2.10 bits per heavy atom. The molecule has 0 spiro atoms. The monoisotopic (exact) mass is 394 g/mol. The van der Waals surface area contributed by atoms with E-state index >= 15 is 0 Å². The molecule has 1 aromatic rings. The van der Waals surface area contributed by atoms with E-state index in [2.05, 4.69) is 12.2 Å². The van der Waals surface area contributed by atoms with E-state index in [1.54, 1.807) is 4.90 Å². The minimum Gasteiger partial charge on any atom is -0.378 e. The summed E-state index contributed by atoms with van der Waals surface area (Å²) in [5.41, 5.74) is 0.954. The Morgan fingerprint density at radius 2 is 1.55 bits per heavy atom. The van der Waals surface area contributed by atoms with Gasteiger partial charge in [-0.05, 0) is 30.2 Å². The molecule has 2 aliphatic heterocycles. The van der Waals surface area contributed by atoms with Gasteiger partial charge in [0.25, 0.3) is 0 Å². The summed E-state index contributed by atoms with van der Waals surface area (Å²) in [5.74, 6) is -0.769. The Labute approximate surface area is 170 Å². The van der Waals surface area contributed by atoms with E-state index < -0.39 is 6.04 Å². The van der Waals surface area contributed by atoms with Crippen LogP contribution in [-0.2, 0) is 25.5 Å². The first-order chi connectivity index (χ1) is 14.1. The van der Waals surface area contributed by atoms with Crippen LogP contribution in [0.3, 0.4) is 0 Å². The molecule has 2 bridgehead atoms. The quantitative estimate of drug-likeness (QED) is 0.575. The predicted molar refractivity (Wildman–Crippen MR) is 106 cm³/mol. The van der Waals surface area contributed by atoms with E-state index in [1.165, 1.54) is 4.90 Å². The van der Waals surface area contributed by atoms with E-state index in [-0.39, 0.29) is 41.4 Å². The van der Waals surface area contributed by atoms with Crippen LogP contribution in [0.2, 0.25) is 0 Å².